The smallest absolute Gasteiger partial charge is 0.141 e. The molecule has 0 spiro atoms. The molecule has 0 saturated carbocycles. The summed E-state index contributed by atoms with van der Waals surface area (Å²) >= 11 is 5.74. The minimum Gasteiger partial charge on any atom is -0.327 e. The van der Waals surface area contributed by atoms with E-state index in [9.17, 15) is 4.39 Å². The highest BCUT2D eigenvalue weighted by Gasteiger charge is 2.16. The van der Waals surface area contributed by atoms with E-state index in [4.69, 9.17) is 17.3 Å². The van der Waals surface area contributed by atoms with E-state index in [2.05, 4.69) is 4.90 Å². The summed E-state index contributed by atoms with van der Waals surface area (Å²) in [6.07, 6.45) is 2.23. The average molecular weight is 243 g/mol. The highest BCUT2D eigenvalue weighted by Crippen LogP contribution is 2.18. The molecule has 0 bridgehead atoms. The largest absolute Gasteiger partial charge is 0.327 e. The predicted molar refractivity (Wildman–Crippen MR) is 63.9 cm³/mol. The van der Waals surface area contributed by atoms with Gasteiger partial charge in [0.2, 0.25) is 0 Å². The zero-order valence-corrected chi connectivity index (χ0v) is 9.88. The molecule has 16 heavy (non-hydrogen) atoms. The Morgan fingerprint density at radius 1 is 1.50 bits per heavy atom. The lowest BCUT2D eigenvalue weighted by molar-refractivity contribution is 0.201. The molecule has 1 saturated heterocycles. The van der Waals surface area contributed by atoms with E-state index >= 15 is 0 Å². The van der Waals surface area contributed by atoms with Gasteiger partial charge in [0.15, 0.2) is 0 Å². The van der Waals surface area contributed by atoms with Crippen LogP contribution in [-0.2, 0) is 6.54 Å². The van der Waals surface area contributed by atoms with Gasteiger partial charge in [-0.3, -0.25) is 4.90 Å². The van der Waals surface area contributed by atoms with Gasteiger partial charge in [-0.1, -0.05) is 17.7 Å². The zero-order valence-electron chi connectivity index (χ0n) is 9.13. The fraction of sp³-hybridized carbons (Fsp3) is 0.500. The number of piperidine rings is 1. The van der Waals surface area contributed by atoms with Crippen LogP contribution < -0.4 is 5.73 Å². The summed E-state index contributed by atoms with van der Waals surface area (Å²) in [5.41, 5.74) is 6.95. The number of benzene rings is 1. The lowest BCUT2D eigenvalue weighted by atomic mass is 10.1. The van der Waals surface area contributed by atoms with Crippen LogP contribution in [0.4, 0.5) is 4.39 Å². The van der Waals surface area contributed by atoms with Crippen LogP contribution in [0.15, 0.2) is 18.2 Å². The lowest BCUT2D eigenvalue weighted by Gasteiger charge is -2.30. The molecule has 1 aliphatic heterocycles. The van der Waals surface area contributed by atoms with Crippen LogP contribution in [0.2, 0.25) is 5.02 Å². The van der Waals surface area contributed by atoms with Crippen molar-refractivity contribution in [3.8, 4) is 0 Å². The van der Waals surface area contributed by atoms with Crippen molar-refractivity contribution in [2.45, 2.75) is 25.4 Å². The molecule has 0 aliphatic carbocycles. The number of likely N-dealkylation sites (tertiary alicyclic amines) is 1. The maximum atomic E-state index is 13.0. The molecule has 1 aliphatic rings. The minimum absolute atomic E-state index is 0.193. The van der Waals surface area contributed by atoms with Crippen molar-refractivity contribution in [2.24, 2.45) is 5.73 Å². The van der Waals surface area contributed by atoms with Crippen LogP contribution in [0.25, 0.3) is 0 Å². The van der Waals surface area contributed by atoms with Gasteiger partial charge in [-0.2, -0.15) is 0 Å². The second-order valence-electron chi connectivity index (χ2n) is 4.39. The van der Waals surface area contributed by atoms with Gasteiger partial charge in [-0.25, -0.2) is 4.39 Å². The second-order valence-corrected chi connectivity index (χ2v) is 4.79. The van der Waals surface area contributed by atoms with E-state index in [-0.39, 0.29) is 16.9 Å². The van der Waals surface area contributed by atoms with Gasteiger partial charge in [0.05, 0.1) is 5.02 Å². The molecule has 1 atom stereocenters. The number of nitrogens with zero attached hydrogens (tertiary/aromatic N) is 1. The maximum absolute atomic E-state index is 13.0. The molecule has 1 heterocycles. The van der Waals surface area contributed by atoms with E-state index in [1.54, 1.807) is 12.1 Å². The summed E-state index contributed by atoms with van der Waals surface area (Å²) in [6.45, 7) is 2.77. The van der Waals surface area contributed by atoms with Crippen LogP contribution in [0, 0.1) is 5.82 Å². The van der Waals surface area contributed by atoms with E-state index in [0.29, 0.717) is 0 Å². The number of hydrogen-bond donors (Lipinski definition) is 1. The summed E-state index contributed by atoms with van der Waals surface area (Å²) in [7, 11) is 0. The van der Waals surface area contributed by atoms with Gasteiger partial charge in [-0.05, 0) is 37.1 Å². The Kier molecular flexibility index (Phi) is 3.79. The van der Waals surface area contributed by atoms with Crippen molar-refractivity contribution in [3.63, 3.8) is 0 Å². The highest BCUT2D eigenvalue weighted by molar-refractivity contribution is 6.30. The Morgan fingerprint density at radius 3 is 3.00 bits per heavy atom. The third-order valence-corrected chi connectivity index (χ3v) is 3.22. The fourth-order valence-electron chi connectivity index (χ4n) is 2.13. The van der Waals surface area contributed by atoms with Gasteiger partial charge < -0.3 is 5.73 Å². The SMILES string of the molecule is N[C@H]1CCCN(Cc2ccc(F)c(Cl)c2)C1. The van der Waals surface area contributed by atoms with Gasteiger partial charge in [-0.15, -0.1) is 0 Å². The lowest BCUT2D eigenvalue weighted by Crippen LogP contribution is -2.42. The van der Waals surface area contributed by atoms with Crippen LogP contribution in [0.3, 0.4) is 0 Å². The van der Waals surface area contributed by atoms with Crippen LogP contribution >= 0.6 is 11.6 Å². The van der Waals surface area contributed by atoms with Crippen LogP contribution in [-0.4, -0.2) is 24.0 Å². The quantitative estimate of drug-likeness (QED) is 0.863. The van der Waals surface area contributed by atoms with Crippen LogP contribution in [0.5, 0.6) is 0 Å². The van der Waals surface area contributed by atoms with E-state index in [0.717, 1.165) is 38.0 Å². The number of hydrogen-bond acceptors (Lipinski definition) is 2. The summed E-state index contributed by atoms with van der Waals surface area (Å²) in [5.74, 6) is -0.360. The molecule has 1 fully saturated rings. The molecular weight excluding hydrogens is 227 g/mol. The van der Waals surface area contributed by atoms with Crippen molar-refractivity contribution >= 4 is 11.6 Å². The molecule has 0 amide bonds. The first-order valence-electron chi connectivity index (χ1n) is 5.57. The number of rotatable bonds is 2. The molecule has 4 heteroatoms. The minimum atomic E-state index is -0.360. The zero-order chi connectivity index (χ0) is 11.5. The molecule has 1 aromatic rings. The van der Waals surface area contributed by atoms with Crippen molar-refractivity contribution in [2.75, 3.05) is 13.1 Å². The molecule has 1 aromatic carbocycles. The second kappa shape index (κ2) is 5.13. The van der Waals surface area contributed by atoms with Gasteiger partial charge in [0.25, 0.3) is 0 Å². The Morgan fingerprint density at radius 2 is 2.31 bits per heavy atom. The van der Waals surface area contributed by atoms with Crippen LogP contribution in [0.1, 0.15) is 18.4 Å². The molecule has 2 rings (SSSR count). The Balaban J connectivity index is 2.00. The van der Waals surface area contributed by atoms with Gasteiger partial charge in [0, 0.05) is 19.1 Å². The Labute approximate surface area is 100 Å². The molecule has 0 aromatic heterocycles. The molecular formula is C12H16ClFN2. The highest BCUT2D eigenvalue weighted by atomic mass is 35.5. The Bertz CT molecular complexity index is 370. The van der Waals surface area contributed by atoms with Crippen molar-refractivity contribution in [3.05, 3.63) is 34.6 Å². The summed E-state index contributed by atoms with van der Waals surface area (Å²) in [4.78, 5) is 2.29. The first kappa shape index (κ1) is 11.8. The van der Waals surface area contributed by atoms with Crippen molar-refractivity contribution in [1.82, 2.24) is 4.90 Å². The first-order chi connectivity index (χ1) is 7.65. The van der Waals surface area contributed by atoms with Gasteiger partial charge >= 0.3 is 0 Å². The number of nitrogens with two attached hydrogens (primary N) is 1. The topological polar surface area (TPSA) is 29.3 Å². The normalized spacial score (nSPS) is 22.3. The standard InChI is InChI=1S/C12H16ClFN2/c13-11-6-9(3-4-12(11)14)7-16-5-1-2-10(15)8-16/h3-4,6,10H,1-2,5,7-8,15H2/t10-/m0/s1. The third-order valence-electron chi connectivity index (χ3n) is 2.93. The van der Waals surface area contributed by atoms with E-state index < -0.39 is 0 Å². The maximum Gasteiger partial charge on any atom is 0.141 e. The van der Waals surface area contributed by atoms with Gasteiger partial charge in [0.1, 0.15) is 5.82 Å². The predicted octanol–water partition coefficient (Wildman–Crippen LogP) is 2.40. The molecule has 2 nitrogen and oxygen atoms in total. The van der Waals surface area contributed by atoms with Crippen molar-refractivity contribution in [1.29, 1.82) is 0 Å². The van der Waals surface area contributed by atoms with E-state index in [1.807, 2.05) is 0 Å². The first-order valence-corrected chi connectivity index (χ1v) is 5.95. The number of halogens is 2. The summed E-state index contributed by atoms with van der Waals surface area (Å²) in [5, 5.41) is 0.193. The van der Waals surface area contributed by atoms with E-state index in [1.165, 1.54) is 6.07 Å². The molecule has 2 N–H and O–H groups in total. The fourth-order valence-corrected chi connectivity index (χ4v) is 2.33. The van der Waals surface area contributed by atoms with Crippen molar-refractivity contribution < 1.29 is 4.39 Å². The summed E-state index contributed by atoms with van der Waals surface area (Å²) in [6, 6.07) is 5.16. The monoisotopic (exact) mass is 242 g/mol. The molecule has 0 unspecified atom stereocenters. The summed E-state index contributed by atoms with van der Waals surface area (Å²) < 4.78 is 13.0. The molecule has 88 valence electrons. The third kappa shape index (κ3) is 2.94. The average Bonchev–Trinajstić information content (AvgIpc) is 2.24. The molecule has 0 radical (unpaired) electrons. The Hall–Kier alpha value is -0.640.